The molecule has 1 fully saturated rings. The summed E-state index contributed by atoms with van der Waals surface area (Å²) in [5.41, 5.74) is 6.12. The SMILES string of the molecule is CCCOc1nc(N)nc(N2CCC(C)(C)CC2)n1. The Balaban J connectivity index is 2.09. The molecule has 0 spiro atoms. The summed E-state index contributed by atoms with van der Waals surface area (Å²) in [5, 5.41) is 0. The van der Waals surface area contributed by atoms with Crippen molar-refractivity contribution in [3.63, 3.8) is 0 Å². The van der Waals surface area contributed by atoms with Gasteiger partial charge in [0.25, 0.3) is 0 Å². The fraction of sp³-hybridized carbons (Fsp3) is 0.769. The minimum Gasteiger partial charge on any atom is -0.463 e. The molecule has 6 nitrogen and oxygen atoms in total. The Hall–Kier alpha value is -1.59. The van der Waals surface area contributed by atoms with Gasteiger partial charge in [-0.15, -0.1) is 0 Å². The number of rotatable bonds is 4. The van der Waals surface area contributed by atoms with Crippen molar-refractivity contribution in [2.45, 2.75) is 40.0 Å². The monoisotopic (exact) mass is 265 g/mol. The molecule has 0 aliphatic carbocycles. The molecule has 2 rings (SSSR count). The van der Waals surface area contributed by atoms with Crippen LogP contribution in [0.5, 0.6) is 6.01 Å². The van der Waals surface area contributed by atoms with Gasteiger partial charge in [-0.1, -0.05) is 20.8 Å². The zero-order valence-corrected chi connectivity index (χ0v) is 12.0. The van der Waals surface area contributed by atoms with Crippen molar-refractivity contribution >= 4 is 11.9 Å². The van der Waals surface area contributed by atoms with Crippen LogP contribution in [0.2, 0.25) is 0 Å². The molecule has 1 aliphatic rings. The van der Waals surface area contributed by atoms with Crippen molar-refractivity contribution in [1.82, 2.24) is 15.0 Å². The van der Waals surface area contributed by atoms with Gasteiger partial charge in [0.1, 0.15) is 0 Å². The van der Waals surface area contributed by atoms with Crippen LogP contribution < -0.4 is 15.4 Å². The van der Waals surface area contributed by atoms with Crippen LogP contribution in [-0.2, 0) is 0 Å². The minimum atomic E-state index is 0.223. The van der Waals surface area contributed by atoms with Crippen molar-refractivity contribution in [3.8, 4) is 6.01 Å². The second kappa shape index (κ2) is 5.59. The van der Waals surface area contributed by atoms with E-state index in [1.807, 2.05) is 6.92 Å². The molecule has 6 heteroatoms. The molecule has 106 valence electrons. The standard InChI is InChI=1S/C13H23N5O/c1-4-9-19-12-16-10(14)15-11(17-12)18-7-5-13(2,3)6-8-18/h4-9H2,1-3H3,(H2,14,15,16,17). The highest BCUT2D eigenvalue weighted by atomic mass is 16.5. The van der Waals surface area contributed by atoms with Crippen molar-refractivity contribution in [2.24, 2.45) is 5.41 Å². The molecular formula is C13H23N5O. The maximum Gasteiger partial charge on any atom is 0.323 e. The van der Waals surface area contributed by atoms with E-state index in [1.165, 1.54) is 0 Å². The van der Waals surface area contributed by atoms with E-state index in [0.29, 0.717) is 24.0 Å². The highest BCUT2D eigenvalue weighted by Gasteiger charge is 2.27. The molecule has 0 bridgehead atoms. The number of hydrogen-bond donors (Lipinski definition) is 1. The smallest absolute Gasteiger partial charge is 0.323 e. The summed E-state index contributed by atoms with van der Waals surface area (Å²) in [5.74, 6) is 0.857. The third kappa shape index (κ3) is 3.68. The number of nitrogens with zero attached hydrogens (tertiary/aromatic N) is 4. The van der Waals surface area contributed by atoms with Crippen molar-refractivity contribution in [1.29, 1.82) is 0 Å². The fourth-order valence-corrected chi connectivity index (χ4v) is 2.07. The molecule has 2 N–H and O–H groups in total. The highest BCUT2D eigenvalue weighted by Crippen LogP contribution is 2.31. The third-order valence-electron chi connectivity index (χ3n) is 3.46. The molecule has 0 unspecified atom stereocenters. The quantitative estimate of drug-likeness (QED) is 0.895. The molecular weight excluding hydrogens is 242 g/mol. The summed E-state index contributed by atoms with van der Waals surface area (Å²) in [7, 11) is 0. The van der Waals surface area contributed by atoms with Gasteiger partial charge in [0.05, 0.1) is 6.61 Å². The van der Waals surface area contributed by atoms with Crippen LogP contribution in [0, 0.1) is 5.41 Å². The predicted octanol–water partition coefficient (Wildman–Crippen LogP) is 1.87. The Morgan fingerprint density at radius 1 is 1.21 bits per heavy atom. The molecule has 1 aromatic heterocycles. The Bertz CT molecular complexity index is 425. The Morgan fingerprint density at radius 2 is 1.89 bits per heavy atom. The van der Waals surface area contributed by atoms with Gasteiger partial charge in [-0.2, -0.15) is 15.0 Å². The molecule has 0 atom stereocenters. The molecule has 1 aromatic rings. The van der Waals surface area contributed by atoms with Gasteiger partial charge < -0.3 is 15.4 Å². The summed E-state index contributed by atoms with van der Waals surface area (Å²) < 4.78 is 5.44. The number of aromatic nitrogens is 3. The topological polar surface area (TPSA) is 77.2 Å². The molecule has 0 saturated carbocycles. The molecule has 2 heterocycles. The first-order valence-corrected chi connectivity index (χ1v) is 6.89. The first kappa shape index (κ1) is 13.8. The Morgan fingerprint density at radius 3 is 2.53 bits per heavy atom. The maximum atomic E-state index is 5.72. The average molecular weight is 265 g/mol. The van der Waals surface area contributed by atoms with Gasteiger partial charge in [-0.05, 0) is 24.7 Å². The Kier molecular flexibility index (Phi) is 4.07. The number of nitrogen functional groups attached to an aromatic ring is 1. The van der Waals surface area contributed by atoms with Crippen LogP contribution in [0.1, 0.15) is 40.0 Å². The largest absolute Gasteiger partial charge is 0.463 e. The zero-order chi connectivity index (χ0) is 13.9. The zero-order valence-electron chi connectivity index (χ0n) is 12.0. The third-order valence-corrected chi connectivity index (χ3v) is 3.46. The average Bonchev–Trinajstić information content (AvgIpc) is 2.35. The normalized spacial score (nSPS) is 18.4. The second-order valence-corrected chi connectivity index (χ2v) is 5.78. The lowest BCUT2D eigenvalue weighted by Gasteiger charge is -2.36. The molecule has 19 heavy (non-hydrogen) atoms. The molecule has 0 radical (unpaired) electrons. The van der Waals surface area contributed by atoms with Gasteiger partial charge in [0, 0.05) is 13.1 Å². The maximum absolute atomic E-state index is 5.72. The minimum absolute atomic E-state index is 0.223. The number of ether oxygens (including phenoxy) is 1. The predicted molar refractivity (Wildman–Crippen MR) is 75.3 cm³/mol. The van der Waals surface area contributed by atoms with Crippen LogP contribution in [-0.4, -0.2) is 34.6 Å². The lowest BCUT2D eigenvalue weighted by Crippen LogP contribution is -2.38. The Labute approximate surface area is 114 Å². The highest BCUT2D eigenvalue weighted by molar-refractivity contribution is 5.36. The van der Waals surface area contributed by atoms with E-state index >= 15 is 0 Å². The van der Waals surface area contributed by atoms with E-state index in [2.05, 4.69) is 33.7 Å². The van der Waals surface area contributed by atoms with Gasteiger partial charge in [-0.25, -0.2) is 0 Å². The van der Waals surface area contributed by atoms with Gasteiger partial charge in [0.15, 0.2) is 0 Å². The van der Waals surface area contributed by atoms with Crippen molar-refractivity contribution < 1.29 is 4.74 Å². The summed E-state index contributed by atoms with van der Waals surface area (Å²) in [6, 6.07) is 0.328. The number of anilines is 2. The number of hydrogen-bond acceptors (Lipinski definition) is 6. The van der Waals surface area contributed by atoms with Crippen LogP contribution in [0.3, 0.4) is 0 Å². The van der Waals surface area contributed by atoms with Gasteiger partial charge in [0.2, 0.25) is 11.9 Å². The van der Waals surface area contributed by atoms with Crippen LogP contribution >= 0.6 is 0 Å². The van der Waals surface area contributed by atoms with Crippen molar-refractivity contribution in [3.05, 3.63) is 0 Å². The molecule has 1 aliphatic heterocycles. The summed E-state index contributed by atoms with van der Waals surface area (Å²) in [6.07, 6.45) is 3.17. The summed E-state index contributed by atoms with van der Waals surface area (Å²) in [4.78, 5) is 14.7. The van der Waals surface area contributed by atoms with E-state index in [4.69, 9.17) is 10.5 Å². The number of piperidine rings is 1. The van der Waals surface area contributed by atoms with E-state index in [9.17, 15) is 0 Å². The van der Waals surface area contributed by atoms with E-state index in [-0.39, 0.29) is 5.95 Å². The van der Waals surface area contributed by atoms with Gasteiger partial charge in [-0.3, -0.25) is 0 Å². The first-order chi connectivity index (χ1) is 9.00. The van der Waals surface area contributed by atoms with E-state index < -0.39 is 0 Å². The molecule has 1 saturated heterocycles. The molecule has 0 aromatic carbocycles. The lowest BCUT2D eigenvalue weighted by atomic mass is 9.83. The second-order valence-electron chi connectivity index (χ2n) is 5.78. The lowest BCUT2D eigenvalue weighted by molar-refractivity contribution is 0.275. The van der Waals surface area contributed by atoms with Crippen LogP contribution in [0.15, 0.2) is 0 Å². The summed E-state index contributed by atoms with van der Waals surface area (Å²) >= 11 is 0. The van der Waals surface area contributed by atoms with E-state index in [1.54, 1.807) is 0 Å². The summed E-state index contributed by atoms with van der Waals surface area (Å²) in [6.45, 7) is 9.12. The first-order valence-electron chi connectivity index (χ1n) is 6.89. The van der Waals surface area contributed by atoms with Gasteiger partial charge >= 0.3 is 6.01 Å². The van der Waals surface area contributed by atoms with Crippen LogP contribution in [0.25, 0.3) is 0 Å². The van der Waals surface area contributed by atoms with E-state index in [0.717, 1.165) is 32.4 Å². The fourth-order valence-electron chi connectivity index (χ4n) is 2.07. The number of nitrogens with two attached hydrogens (primary N) is 1. The van der Waals surface area contributed by atoms with Crippen LogP contribution in [0.4, 0.5) is 11.9 Å². The molecule has 0 amide bonds. The van der Waals surface area contributed by atoms with Crippen molar-refractivity contribution in [2.75, 3.05) is 30.3 Å².